The Hall–Kier alpha value is -2.15. The minimum absolute atomic E-state index is 0.00939. The van der Waals surface area contributed by atoms with Crippen LogP contribution in [0.15, 0.2) is 30.3 Å². The number of rotatable bonds is 7. The number of benzene rings is 1. The minimum atomic E-state index is -3.25. The van der Waals surface area contributed by atoms with Crippen molar-refractivity contribution >= 4 is 15.7 Å². The van der Waals surface area contributed by atoms with Crippen molar-refractivity contribution in [2.45, 2.75) is 26.0 Å². The Morgan fingerprint density at radius 1 is 1.21 bits per heavy atom. The number of sulfone groups is 1. The number of nitrogens with zero attached hydrogens (tertiary/aromatic N) is 2. The van der Waals surface area contributed by atoms with Crippen LogP contribution in [0.2, 0.25) is 0 Å². The Morgan fingerprint density at radius 3 is 2.46 bits per heavy atom. The van der Waals surface area contributed by atoms with Gasteiger partial charge in [0.25, 0.3) is 0 Å². The number of nitrogens with one attached hydrogen (secondary N) is 1. The fourth-order valence-electron chi connectivity index (χ4n) is 2.54. The normalized spacial score (nSPS) is 11.5. The van der Waals surface area contributed by atoms with E-state index in [2.05, 4.69) is 10.4 Å². The zero-order chi connectivity index (χ0) is 17.7. The Balaban J connectivity index is 1.84. The molecule has 2 aromatic rings. The van der Waals surface area contributed by atoms with Gasteiger partial charge in [-0.15, -0.1) is 0 Å². The lowest BCUT2D eigenvalue weighted by molar-refractivity contribution is -0.120. The predicted octanol–water partition coefficient (Wildman–Crippen LogP) is 1.31. The molecule has 0 aliphatic rings. The molecule has 0 aliphatic carbocycles. The van der Waals surface area contributed by atoms with E-state index in [1.165, 1.54) is 0 Å². The van der Waals surface area contributed by atoms with Crippen LogP contribution in [0, 0.1) is 13.8 Å². The number of carbonyl (C=O) groups excluding carboxylic acids is 1. The highest BCUT2D eigenvalue weighted by Crippen LogP contribution is 2.12. The first-order chi connectivity index (χ1) is 11.3. The van der Waals surface area contributed by atoms with Crippen LogP contribution in [0.25, 0.3) is 0 Å². The van der Waals surface area contributed by atoms with E-state index >= 15 is 0 Å². The summed E-state index contributed by atoms with van der Waals surface area (Å²) >= 11 is 0. The number of carbonyl (C=O) groups is 1. The molecule has 1 heterocycles. The first-order valence-corrected chi connectivity index (χ1v) is 9.61. The van der Waals surface area contributed by atoms with E-state index in [9.17, 15) is 13.2 Å². The van der Waals surface area contributed by atoms with Gasteiger partial charge >= 0.3 is 0 Å². The molecule has 1 aromatic carbocycles. The van der Waals surface area contributed by atoms with Crippen LogP contribution in [0.1, 0.15) is 22.5 Å². The highest BCUT2D eigenvalue weighted by molar-refractivity contribution is 7.90. The van der Waals surface area contributed by atoms with Crippen molar-refractivity contribution in [3.05, 3.63) is 52.8 Å². The molecule has 7 heteroatoms. The van der Waals surface area contributed by atoms with Crippen LogP contribution in [-0.4, -0.2) is 36.4 Å². The Labute approximate surface area is 142 Å². The monoisotopic (exact) mass is 349 g/mol. The molecule has 130 valence electrons. The average molecular weight is 349 g/mol. The summed E-state index contributed by atoms with van der Waals surface area (Å²) in [6.07, 6.45) is 0.213. The molecule has 0 aliphatic heterocycles. The third-order valence-electron chi connectivity index (χ3n) is 3.96. The second-order valence-electron chi connectivity index (χ2n) is 5.88. The lowest BCUT2D eigenvalue weighted by Gasteiger charge is -2.07. The molecule has 0 radical (unpaired) electrons. The topological polar surface area (TPSA) is 81.1 Å². The summed E-state index contributed by atoms with van der Waals surface area (Å²) in [6.45, 7) is 3.89. The van der Waals surface area contributed by atoms with Gasteiger partial charge in [-0.3, -0.25) is 9.48 Å². The summed E-state index contributed by atoms with van der Waals surface area (Å²) in [6, 6.07) is 9.03. The van der Waals surface area contributed by atoms with Gasteiger partial charge in [0, 0.05) is 24.8 Å². The van der Waals surface area contributed by atoms with Crippen molar-refractivity contribution in [2.75, 3.05) is 12.3 Å². The van der Waals surface area contributed by atoms with E-state index in [1.54, 1.807) is 16.8 Å². The molecule has 1 N–H and O–H groups in total. The van der Waals surface area contributed by atoms with Crippen LogP contribution in [0.3, 0.4) is 0 Å². The van der Waals surface area contributed by atoms with Crippen LogP contribution < -0.4 is 5.32 Å². The molecule has 0 spiro atoms. The number of aromatic nitrogens is 2. The van der Waals surface area contributed by atoms with Gasteiger partial charge in [-0.1, -0.05) is 30.3 Å². The van der Waals surface area contributed by atoms with Crippen molar-refractivity contribution < 1.29 is 13.2 Å². The van der Waals surface area contributed by atoms with Gasteiger partial charge in [-0.2, -0.15) is 5.10 Å². The second-order valence-corrected chi connectivity index (χ2v) is 8.06. The molecule has 0 bridgehead atoms. The molecule has 24 heavy (non-hydrogen) atoms. The Morgan fingerprint density at radius 2 is 1.88 bits per heavy atom. The lowest BCUT2D eigenvalue weighted by atomic mass is 10.1. The smallest absolute Gasteiger partial charge is 0.224 e. The molecule has 1 amide bonds. The molecule has 0 fully saturated rings. The van der Waals surface area contributed by atoms with E-state index < -0.39 is 9.84 Å². The summed E-state index contributed by atoms with van der Waals surface area (Å²) in [5.41, 5.74) is 3.41. The average Bonchev–Trinajstić information content (AvgIpc) is 2.74. The number of aryl methyl sites for hydroxylation is 2. The Bertz CT molecular complexity index is 811. The Kier molecular flexibility index (Phi) is 5.77. The summed E-state index contributed by atoms with van der Waals surface area (Å²) in [5, 5.41) is 6.95. The van der Waals surface area contributed by atoms with E-state index in [1.807, 2.05) is 39.1 Å². The third kappa shape index (κ3) is 4.92. The quantitative estimate of drug-likeness (QED) is 0.817. The maximum Gasteiger partial charge on any atom is 0.224 e. The second kappa shape index (κ2) is 7.61. The van der Waals surface area contributed by atoms with Crippen LogP contribution in [0.4, 0.5) is 0 Å². The third-order valence-corrected chi connectivity index (χ3v) is 5.56. The van der Waals surface area contributed by atoms with Crippen molar-refractivity contribution in [1.82, 2.24) is 15.1 Å². The van der Waals surface area contributed by atoms with E-state index in [0.717, 1.165) is 22.5 Å². The van der Waals surface area contributed by atoms with Gasteiger partial charge in [0.15, 0.2) is 9.84 Å². The van der Waals surface area contributed by atoms with Gasteiger partial charge in [0.2, 0.25) is 5.91 Å². The number of hydrogen-bond acceptors (Lipinski definition) is 4. The first-order valence-electron chi connectivity index (χ1n) is 7.78. The van der Waals surface area contributed by atoms with Crippen molar-refractivity contribution in [3.8, 4) is 0 Å². The highest BCUT2D eigenvalue weighted by Gasteiger charge is 2.15. The minimum Gasteiger partial charge on any atom is -0.355 e. The van der Waals surface area contributed by atoms with E-state index in [4.69, 9.17) is 0 Å². The predicted molar refractivity (Wildman–Crippen MR) is 93.3 cm³/mol. The first kappa shape index (κ1) is 18.2. The van der Waals surface area contributed by atoms with Crippen molar-refractivity contribution in [3.63, 3.8) is 0 Å². The molecule has 1 aromatic heterocycles. The van der Waals surface area contributed by atoms with Crippen LogP contribution in [0.5, 0.6) is 0 Å². The summed E-state index contributed by atoms with van der Waals surface area (Å²) in [7, 11) is -1.41. The molecular weight excluding hydrogens is 326 g/mol. The molecule has 0 atom stereocenters. The largest absolute Gasteiger partial charge is 0.355 e. The van der Waals surface area contributed by atoms with Gasteiger partial charge in [-0.25, -0.2) is 8.42 Å². The van der Waals surface area contributed by atoms with Gasteiger partial charge < -0.3 is 5.32 Å². The van der Waals surface area contributed by atoms with Gasteiger partial charge in [0.1, 0.15) is 0 Å². The van der Waals surface area contributed by atoms with Crippen molar-refractivity contribution in [2.24, 2.45) is 7.05 Å². The van der Waals surface area contributed by atoms with Crippen LogP contribution in [-0.2, 0) is 33.9 Å². The maximum absolute atomic E-state index is 12.1. The molecule has 0 unspecified atom stereocenters. The zero-order valence-electron chi connectivity index (χ0n) is 14.2. The summed E-state index contributed by atoms with van der Waals surface area (Å²) < 4.78 is 25.9. The van der Waals surface area contributed by atoms with Crippen molar-refractivity contribution in [1.29, 1.82) is 0 Å². The molecular formula is C17H23N3O3S. The van der Waals surface area contributed by atoms with Crippen LogP contribution >= 0.6 is 0 Å². The van der Waals surface area contributed by atoms with E-state index in [-0.39, 0.29) is 30.4 Å². The fourth-order valence-corrected chi connectivity index (χ4v) is 3.80. The van der Waals surface area contributed by atoms with Gasteiger partial charge in [0.05, 0.1) is 23.6 Å². The molecule has 6 nitrogen and oxygen atoms in total. The maximum atomic E-state index is 12.1. The zero-order valence-corrected chi connectivity index (χ0v) is 15.1. The molecule has 0 saturated carbocycles. The standard InChI is InChI=1S/C17H23N3O3S/c1-13-16(14(2)20(3)19-13)11-17(21)18-9-10-24(22,23)12-15-7-5-4-6-8-15/h4-8H,9-12H2,1-3H3,(H,18,21). The fraction of sp³-hybridized carbons (Fsp3) is 0.412. The SMILES string of the molecule is Cc1nn(C)c(C)c1CC(=O)NCCS(=O)(=O)Cc1ccccc1. The highest BCUT2D eigenvalue weighted by atomic mass is 32.2. The van der Waals surface area contributed by atoms with E-state index in [0.29, 0.717) is 0 Å². The van der Waals surface area contributed by atoms with Gasteiger partial charge in [-0.05, 0) is 19.4 Å². The summed E-state index contributed by atoms with van der Waals surface area (Å²) in [4.78, 5) is 12.0. The summed E-state index contributed by atoms with van der Waals surface area (Å²) in [5.74, 6) is -0.271. The molecule has 2 rings (SSSR count). The number of hydrogen-bond donors (Lipinski definition) is 1. The molecule has 0 saturated heterocycles. The number of amides is 1. The lowest BCUT2D eigenvalue weighted by Crippen LogP contribution is -2.30.